The van der Waals surface area contributed by atoms with Crippen molar-refractivity contribution in [3.05, 3.63) is 51.7 Å². The van der Waals surface area contributed by atoms with Crippen LogP contribution >= 0.6 is 27.5 Å². The van der Waals surface area contributed by atoms with Crippen molar-refractivity contribution in [2.45, 2.75) is 11.4 Å². The molecule has 5 nitrogen and oxygen atoms in total. The van der Waals surface area contributed by atoms with E-state index in [4.69, 9.17) is 11.6 Å². The zero-order valence-corrected chi connectivity index (χ0v) is 14.2. The number of sulfonamides is 1. The third kappa shape index (κ3) is 3.74. The summed E-state index contributed by atoms with van der Waals surface area (Å²) in [6.45, 7) is 0.158. The van der Waals surface area contributed by atoms with Gasteiger partial charge in [-0.05, 0) is 39.7 Å². The second-order valence-electron chi connectivity index (χ2n) is 4.37. The molecule has 0 radical (unpaired) electrons. The number of nitrogens with zero attached hydrogens (tertiary/aromatic N) is 2. The lowest BCUT2D eigenvalue weighted by Crippen LogP contribution is -2.27. The Balaban J connectivity index is 2.30. The van der Waals surface area contributed by atoms with Crippen LogP contribution in [-0.4, -0.2) is 29.9 Å². The molecule has 0 bridgehead atoms. The van der Waals surface area contributed by atoms with Gasteiger partial charge in [0.2, 0.25) is 10.0 Å². The number of hydrogen-bond acceptors (Lipinski definition) is 4. The average Bonchev–Trinajstić information content (AvgIpc) is 2.43. The van der Waals surface area contributed by atoms with Crippen LogP contribution in [-0.2, 0) is 16.6 Å². The Morgan fingerprint density at radius 2 is 1.95 bits per heavy atom. The largest absolute Gasteiger partial charge is 0.508 e. The molecule has 1 heterocycles. The topological polar surface area (TPSA) is 70.5 Å². The number of phenols is 1. The first-order chi connectivity index (χ1) is 9.80. The number of pyridine rings is 1. The minimum absolute atomic E-state index is 0.0557. The summed E-state index contributed by atoms with van der Waals surface area (Å²) in [5.41, 5.74) is 0.748. The predicted molar refractivity (Wildman–Crippen MR) is 83.7 cm³/mol. The lowest BCUT2D eigenvalue weighted by Gasteiger charge is -2.18. The minimum atomic E-state index is -3.75. The summed E-state index contributed by atoms with van der Waals surface area (Å²) in [6.07, 6.45) is 1.43. The van der Waals surface area contributed by atoms with Gasteiger partial charge in [0.15, 0.2) is 0 Å². The van der Waals surface area contributed by atoms with Gasteiger partial charge in [0.05, 0.1) is 0 Å². The van der Waals surface area contributed by atoms with E-state index in [-0.39, 0.29) is 22.3 Å². The van der Waals surface area contributed by atoms with Crippen LogP contribution in [0.2, 0.25) is 5.15 Å². The van der Waals surface area contributed by atoms with Gasteiger partial charge in [-0.15, -0.1) is 0 Å². The first-order valence-corrected chi connectivity index (χ1v) is 8.47. The lowest BCUT2D eigenvalue weighted by molar-refractivity contribution is 0.463. The minimum Gasteiger partial charge on any atom is -0.508 e. The Labute approximate surface area is 136 Å². The van der Waals surface area contributed by atoms with E-state index in [1.807, 2.05) is 0 Å². The quantitative estimate of drug-likeness (QED) is 0.813. The zero-order chi connectivity index (χ0) is 15.6. The highest BCUT2D eigenvalue weighted by molar-refractivity contribution is 9.10. The SMILES string of the molecule is CN(Cc1ccc(O)cc1)S(=O)(=O)c1cc(Br)cnc1Cl. The van der Waals surface area contributed by atoms with Crippen LogP contribution in [0, 0.1) is 0 Å². The first-order valence-electron chi connectivity index (χ1n) is 5.86. The Hall–Kier alpha value is -1.15. The molecular formula is C13H12BrClN2O3S. The highest BCUT2D eigenvalue weighted by Gasteiger charge is 2.24. The third-order valence-corrected chi connectivity index (χ3v) is 5.47. The average molecular weight is 392 g/mol. The van der Waals surface area contributed by atoms with Gasteiger partial charge in [0.25, 0.3) is 0 Å². The van der Waals surface area contributed by atoms with Crippen LogP contribution in [0.15, 0.2) is 45.9 Å². The van der Waals surface area contributed by atoms with Gasteiger partial charge in [-0.25, -0.2) is 13.4 Å². The molecule has 1 N–H and O–H groups in total. The summed E-state index contributed by atoms with van der Waals surface area (Å²) in [4.78, 5) is 3.77. The number of phenolic OH excluding ortho intramolecular Hbond substituents is 1. The van der Waals surface area contributed by atoms with Gasteiger partial charge in [-0.1, -0.05) is 23.7 Å². The third-order valence-electron chi connectivity index (χ3n) is 2.80. The lowest BCUT2D eigenvalue weighted by atomic mass is 10.2. The van der Waals surface area contributed by atoms with Crippen LogP contribution in [0.25, 0.3) is 0 Å². The number of halogens is 2. The molecule has 0 aliphatic rings. The van der Waals surface area contributed by atoms with Gasteiger partial charge in [0, 0.05) is 24.3 Å². The second-order valence-corrected chi connectivity index (χ2v) is 7.66. The molecule has 1 aromatic heterocycles. The van der Waals surface area contributed by atoms with E-state index >= 15 is 0 Å². The van der Waals surface area contributed by atoms with Crippen molar-refractivity contribution in [1.82, 2.24) is 9.29 Å². The van der Waals surface area contributed by atoms with Crippen molar-refractivity contribution in [2.24, 2.45) is 0 Å². The van der Waals surface area contributed by atoms with E-state index < -0.39 is 10.0 Å². The van der Waals surface area contributed by atoms with Gasteiger partial charge in [-0.2, -0.15) is 4.31 Å². The summed E-state index contributed by atoms with van der Waals surface area (Å²) in [5, 5.41) is 9.16. The summed E-state index contributed by atoms with van der Waals surface area (Å²) in [6, 6.07) is 7.73. The van der Waals surface area contributed by atoms with E-state index in [0.717, 1.165) is 5.56 Å². The molecule has 2 rings (SSSR count). The Morgan fingerprint density at radius 1 is 1.33 bits per heavy atom. The Morgan fingerprint density at radius 3 is 2.57 bits per heavy atom. The highest BCUT2D eigenvalue weighted by Crippen LogP contribution is 2.26. The maximum atomic E-state index is 12.5. The molecule has 0 aliphatic carbocycles. The number of benzene rings is 1. The summed E-state index contributed by atoms with van der Waals surface area (Å²) in [5.74, 6) is 0.128. The molecule has 0 fully saturated rings. The summed E-state index contributed by atoms with van der Waals surface area (Å²) in [7, 11) is -2.30. The standard InChI is InChI=1S/C13H12BrClN2O3S/c1-17(8-9-2-4-11(18)5-3-9)21(19,20)12-6-10(14)7-16-13(12)15/h2-7,18H,8H2,1H3. The Kier molecular flexibility index (Phi) is 4.88. The van der Waals surface area contributed by atoms with E-state index in [1.165, 1.54) is 35.7 Å². The van der Waals surface area contributed by atoms with Gasteiger partial charge in [-0.3, -0.25) is 0 Å². The van der Waals surface area contributed by atoms with E-state index in [1.54, 1.807) is 12.1 Å². The molecule has 1 aromatic carbocycles. The molecule has 0 saturated carbocycles. The van der Waals surface area contributed by atoms with Crippen molar-refractivity contribution in [2.75, 3.05) is 7.05 Å². The fraction of sp³-hybridized carbons (Fsp3) is 0.154. The molecule has 0 aliphatic heterocycles. The monoisotopic (exact) mass is 390 g/mol. The fourth-order valence-corrected chi connectivity index (χ4v) is 3.77. The van der Waals surface area contributed by atoms with E-state index in [9.17, 15) is 13.5 Å². The van der Waals surface area contributed by atoms with Crippen LogP contribution in [0.5, 0.6) is 5.75 Å². The number of aromatic hydroxyl groups is 1. The normalized spacial score (nSPS) is 11.8. The van der Waals surface area contributed by atoms with E-state index in [0.29, 0.717) is 4.47 Å². The van der Waals surface area contributed by atoms with Crippen LogP contribution < -0.4 is 0 Å². The van der Waals surface area contributed by atoms with Crippen molar-refractivity contribution in [3.63, 3.8) is 0 Å². The van der Waals surface area contributed by atoms with E-state index in [2.05, 4.69) is 20.9 Å². The molecular weight excluding hydrogens is 380 g/mol. The maximum Gasteiger partial charge on any atom is 0.246 e. The molecule has 0 amide bonds. The smallest absolute Gasteiger partial charge is 0.246 e. The van der Waals surface area contributed by atoms with Crippen molar-refractivity contribution in [3.8, 4) is 5.75 Å². The molecule has 2 aromatic rings. The second kappa shape index (κ2) is 6.31. The predicted octanol–water partition coefficient (Wildman–Crippen LogP) is 3.02. The van der Waals surface area contributed by atoms with Gasteiger partial charge in [0.1, 0.15) is 15.8 Å². The fourth-order valence-electron chi connectivity index (χ4n) is 1.70. The summed E-state index contributed by atoms with van der Waals surface area (Å²) >= 11 is 9.06. The van der Waals surface area contributed by atoms with Crippen molar-refractivity contribution >= 4 is 37.6 Å². The van der Waals surface area contributed by atoms with Crippen molar-refractivity contribution in [1.29, 1.82) is 0 Å². The molecule has 21 heavy (non-hydrogen) atoms. The molecule has 8 heteroatoms. The first kappa shape index (κ1) is 16.2. The van der Waals surface area contributed by atoms with Crippen LogP contribution in [0.4, 0.5) is 0 Å². The Bertz CT molecular complexity index is 751. The van der Waals surface area contributed by atoms with Crippen LogP contribution in [0.3, 0.4) is 0 Å². The number of rotatable bonds is 4. The number of aromatic nitrogens is 1. The molecule has 0 spiro atoms. The highest BCUT2D eigenvalue weighted by atomic mass is 79.9. The number of hydrogen-bond donors (Lipinski definition) is 1. The van der Waals surface area contributed by atoms with Gasteiger partial charge < -0.3 is 5.11 Å². The molecule has 112 valence electrons. The molecule has 0 atom stereocenters. The molecule has 0 unspecified atom stereocenters. The maximum absolute atomic E-state index is 12.5. The zero-order valence-electron chi connectivity index (χ0n) is 11.0. The molecule has 0 saturated heterocycles. The van der Waals surface area contributed by atoms with Crippen LogP contribution in [0.1, 0.15) is 5.56 Å². The van der Waals surface area contributed by atoms with Gasteiger partial charge >= 0.3 is 0 Å². The summed E-state index contributed by atoms with van der Waals surface area (Å²) < 4.78 is 26.7. The van der Waals surface area contributed by atoms with Crippen molar-refractivity contribution < 1.29 is 13.5 Å².